The van der Waals surface area contributed by atoms with Crippen molar-refractivity contribution in [3.05, 3.63) is 48.8 Å². The van der Waals surface area contributed by atoms with Crippen molar-refractivity contribution < 1.29 is 0 Å². The number of anilines is 1. The van der Waals surface area contributed by atoms with Crippen molar-refractivity contribution in [2.45, 2.75) is 25.4 Å². The highest BCUT2D eigenvalue weighted by Gasteiger charge is 2.24. The maximum Gasteiger partial charge on any atom is 0.0563 e. The number of rotatable bonds is 4. The minimum Gasteiger partial charge on any atom is -0.372 e. The van der Waals surface area contributed by atoms with Crippen LogP contribution >= 0.6 is 0 Å². The second-order valence-electron chi connectivity index (χ2n) is 5.55. The summed E-state index contributed by atoms with van der Waals surface area (Å²) >= 11 is 0. The van der Waals surface area contributed by atoms with Crippen molar-refractivity contribution in [2.24, 2.45) is 11.7 Å². The predicted molar refractivity (Wildman–Crippen MR) is 81.6 cm³/mol. The van der Waals surface area contributed by atoms with E-state index in [1.54, 1.807) is 0 Å². The van der Waals surface area contributed by atoms with Gasteiger partial charge in [0.2, 0.25) is 0 Å². The van der Waals surface area contributed by atoms with Crippen molar-refractivity contribution in [1.82, 2.24) is 9.78 Å². The summed E-state index contributed by atoms with van der Waals surface area (Å²) in [7, 11) is 0. The first-order chi connectivity index (χ1) is 9.83. The molecule has 1 fully saturated rings. The molecule has 1 aromatic heterocycles. The molecule has 0 radical (unpaired) electrons. The van der Waals surface area contributed by atoms with E-state index in [0.717, 1.165) is 32.5 Å². The van der Waals surface area contributed by atoms with Gasteiger partial charge in [0.1, 0.15) is 0 Å². The maximum atomic E-state index is 6.34. The molecule has 4 heteroatoms. The molecule has 3 rings (SSSR count). The molecule has 0 saturated carbocycles. The normalized spacial score (nSPS) is 18.1. The standard InChI is InChI=1S/C16H22N4/c17-16(13-20-10-4-9-18-20)14-7-11-19(12-8-14)15-5-2-1-3-6-15/h1-6,9-10,14,16H,7-8,11-13,17H2. The van der Waals surface area contributed by atoms with Gasteiger partial charge in [0.05, 0.1) is 6.54 Å². The molecular formula is C16H22N4. The molecular weight excluding hydrogens is 248 g/mol. The van der Waals surface area contributed by atoms with Crippen LogP contribution in [0.4, 0.5) is 5.69 Å². The fourth-order valence-corrected chi connectivity index (χ4v) is 3.00. The van der Waals surface area contributed by atoms with Gasteiger partial charge in [-0.3, -0.25) is 4.68 Å². The third-order valence-corrected chi connectivity index (χ3v) is 4.22. The molecule has 1 atom stereocenters. The van der Waals surface area contributed by atoms with Gasteiger partial charge < -0.3 is 10.6 Å². The van der Waals surface area contributed by atoms with Crippen LogP contribution in [0.5, 0.6) is 0 Å². The SMILES string of the molecule is NC(Cn1cccn1)C1CCN(c2ccccc2)CC1. The molecule has 2 N–H and O–H groups in total. The fourth-order valence-electron chi connectivity index (χ4n) is 3.00. The first-order valence-electron chi connectivity index (χ1n) is 7.36. The zero-order chi connectivity index (χ0) is 13.8. The van der Waals surface area contributed by atoms with E-state index in [0.29, 0.717) is 5.92 Å². The number of piperidine rings is 1. The number of hydrogen-bond acceptors (Lipinski definition) is 3. The maximum absolute atomic E-state index is 6.34. The van der Waals surface area contributed by atoms with Crippen LogP contribution in [-0.2, 0) is 6.54 Å². The Bertz CT molecular complexity index is 501. The lowest BCUT2D eigenvalue weighted by atomic mass is 9.89. The summed E-state index contributed by atoms with van der Waals surface area (Å²) in [5, 5.41) is 4.24. The number of nitrogens with zero attached hydrogens (tertiary/aromatic N) is 3. The Morgan fingerprint density at radius 2 is 1.90 bits per heavy atom. The predicted octanol–water partition coefficient (Wildman–Crippen LogP) is 2.13. The number of nitrogens with two attached hydrogens (primary N) is 1. The molecule has 1 aliphatic rings. The van der Waals surface area contributed by atoms with E-state index < -0.39 is 0 Å². The Hall–Kier alpha value is -1.81. The Labute approximate surface area is 120 Å². The smallest absolute Gasteiger partial charge is 0.0563 e. The highest BCUT2D eigenvalue weighted by Crippen LogP contribution is 2.24. The highest BCUT2D eigenvalue weighted by atomic mass is 15.3. The zero-order valence-electron chi connectivity index (χ0n) is 11.7. The lowest BCUT2D eigenvalue weighted by molar-refractivity contribution is 0.307. The van der Waals surface area contributed by atoms with Gasteiger partial charge in [0, 0.05) is 37.2 Å². The highest BCUT2D eigenvalue weighted by molar-refractivity contribution is 5.46. The second kappa shape index (κ2) is 6.09. The van der Waals surface area contributed by atoms with E-state index in [2.05, 4.69) is 40.3 Å². The lowest BCUT2D eigenvalue weighted by Gasteiger charge is -2.36. The molecule has 1 aliphatic heterocycles. The first-order valence-corrected chi connectivity index (χ1v) is 7.36. The summed E-state index contributed by atoms with van der Waals surface area (Å²) in [6.07, 6.45) is 6.12. The van der Waals surface area contributed by atoms with Crippen LogP contribution in [0.15, 0.2) is 48.8 Å². The third kappa shape index (κ3) is 3.02. The quantitative estimate of drug-likeness (QED) is 0.926. The van der Waals surface area contributed by atoms with Crippen LogP contribution in [0, 0.1) is 5.92 Å². The molecule has 20 heavy (non-hydrogen) atoms. The first kappa shape index (κ1) is 13.2. The summed E-state index contributed by atoms with van der Waals surface area (Å²) in [6, 6.07) is 12.8. The monoisotopic (exact) mass is 270 g/mol. The van der Waals surface area contributed by atoms with Crippen LogP contribution in [0.2, 0.25) is 0 Å². The molecule has 1 aromatic carbocycles. The average Bonchev–Trinajstić information content (AvgIpc) is 3.01. The molecule has 0 aliphatic carbocycles. The van der Waals surface area contributed by atoms with Gasteiger partial charge in [-0.05, 0) is 37.0 Å². The van der Waals surface area contributed by atoms with Gasteiger partial charge in [0.15, 0.2) is 0 Å². The van der Waals surface area contributed by atoms with Crippen molar-refractivity contribution >= 4 is 5.69 Å². The Morgan fingerprint density at radius 1 is 1.15 bits per heavy atom. The van der Waals surface area contributed by atoms with Gasteiger partial charge in [-0.1, -0.05) is 18.2 Å². The molecule has 4 nitrogen and oxygen atoms in total. The van der Waals surface area contributed by atoms with Crippen LogP contribution in [-0.4, -0.2) is 28.9 Å². The van der Waals surface area contributed by atoms with E-state index in [4.69, 9.17) is 5.73 Å². The minimum atomic E-state index is 0.202. The zero-order valence-corrected chi connectivity index (χ0v) is 11.7. The van der Waals surface area contributed by atoms with Crippen LogP contribution in [0.25, 0.3) is 0 Å². The molecule has 0 bridgehead atoms. The third-order valence-electron chi connectivity index (χ3n) is 4.22. The van der Waals surface area contributed by atoms with Crippen LogP contribution < -0.4 is 10.6 Å². The van der Waals surface area contributed by atoms with Gasteiger partial charge in [0.25, 0.3) is 0 Å². The van der Waals surface area contributed by atoms with Gasteiger partial charge in [-0.25, -0.2) is 0 Å². The van der Waals surface area contributed by atoms with Crippen molar-refractivity contribution in [3.8, 4) is 0 Å². The van der Waals surface area contributed by atoms with Crippen LogP contribution in [0.1, 0.15) is 12.8 Å². The van der Waals surface area contributed by atoms with E-state index >= 15 is 0 Å². The minimum absolute atomic E-state index is 0.202. The molecule has 106 valence electrons. The van der Waals surface area contributed by atoms with Crippen molar-refractivity contribution in [1.29, 1.82) is 0 Å². The topological polar surface area (TPSA) is 47.1 Å². The largest absolute Gasteiger partial charge is 0.372 e. The number of benzene rings is 1. The summed E-state index contributed by atoms with van der Waals surface area (Å²) in [4.78, 5) is 2.46. The summed E-state index contributed by atoms with van der Waals surface area (Å²) in [5.41, 5.74) is 7.67. The van der Waals surface area contributed by atoms with E-state index in [1.807, 2.05) is 23.1 Å². The molecule has 1 unspecified atom stereocenters. The Morgan fingerprint density at radius 3 is 2.55 bits per heavy atom. The van der Waals surface area contributed by atoms with E-state index in [-0.39, 0.29) is 6.04 Å². The second-order valence-corrected chi connectivity index (χ2v) is 5.55. The number of hydrogen-bond donors (Lipinski definition) is 1. The number of para-hydroxylation sites is 1. The number of aromatic nitrogens is 2. The summed E-state index contributed by atoms with van der Waals surface area (Å²) in [6.45, 7) is 3.02. The van der Waals surface area contributed by atoms with Gasteiger partial charge in [-0.15, -0.1) is 0 Å². The molecule has 0 amide bonds. The Balaban J connectivity index is 1.53. The summed E-state index contributed by atoms with van der Waals surface area (Å²) in [5.74, 6) is 0.596. The van der Waals surface area contributed by atoms with Crippen LogP contribution in [0.3, 0.4) is 0 Å². The lowest BCUT2D eigenvalue weighted by Crippen LogP contribution is -2.42. The summed E-state index contributed by atoms with van der Waals surface area (Å²) < 4.78 is 1.94. The molecule has 1 saturated heterocycles. The van der Waals surface area contributed by atoms with Crippen molar-refractivity contribution in [3.63, 3.8) is 0 Å². The average molecular weight is 270 g/mol. The molecule has 2 aromatic rings. The van der Waals surface area contributed by atoms with Gasteiger partial charge >= 0.3 is 0 Å². The molecule has 0 spiro atoms. The molecule has 2 heterocycles. The van der Waals surface area contributed by atoms with E-state index in [9.17, 15) is 0 Å². The van der Waals surface area contributed by atoms with Gasteiger partial charge in [-0.2, -0.15) is 5.10 Å². The van der Waals surface area contributed by atoms with E-state index in [1.165, 1.54) is 5.69 Å². The fraction of sp³-hybridized carbons (Fsp3) is 0.438. The Kier molecular flexibility index (Phi) is 4.02. The van der Waals surface area contributed by atoms with Crippen molar-refractivity contribution in [2.75, 3.05) is 18.0 Å².